The van der Waals surface area contributed by atoms with Crippen molar-refractivity contribution in [3.8, 4) is 16.9 Å². The Labute approximate surface area is 398 Å². The van der Waals surface area contributed by atoms with Crippen molar-refractivity contribution in [1.29, 1.82) is 0 Å². The Bertz CT molecular complexity index is 3060. The Balaban J connectivity index is 1.29. The molecule has 14 nitrogen and oxygen atoms in total. The number of anilines is 2. The number of carbonyl (C=O) groups is 2. The number of alkyl halides is 8. The van der Waals surface area contributed by atoms with Crippen molar-refractivity contribution in [2.24, 2.45) is 5.92 Å². The average molecular weight is 1050 g/mol. The Morgan fingerprint density at radius 3 is 2.30 bits per heavy atom. The fraction of sp³-hybridized carbons (Fsp3) is 0.326. The van der Waals surface area contributed by atoms with E-state index < -0.39 is 127 Å². The zero-order valence-corrected chi connectivity index (χ0v) is 38.8. The number of para-hydroxylation sites is 2. The summed E-state index contributed by atoms with van der Waals surface area (Å²) in [4.78, 5) is 53.0. The zero-order chi connectivity index (χ0) is 50.9. The minimum atomic E-state index is -5.16. The van der Waals surface area contributed by atoms with E-state index in [1.54, 1.807) is 6.92 Å². The molecule has 6 aromatic rings. The number of carbonyl (C=O) groups excluding carboxylic acids is 2. The van der Waals surface area contributed by atoms with Crippen molar-refractivity contribution < 1.29 is 72.0 Å². The molecule has 2 aliphatic rings. The van der Waals surface area contributed by atoms with Crippen LogP contribution in [0.25, 0.3) is 22.0 Å². The van der Waals surface area contributed by atoms with Crippen LogP contribution in [0.4, 0.5) is 60.2 Å². The highest BCUT2D eigenvalue weighted by molar-refractivity contribution is 7.86. The Morgan fingerprint density at radius 2 is 1.67 bits per heavy atom. The van der Waals surface area contributed by atoms with Gasteiger partial charge in [-0.3, -0.25) is 24.0 Å². The first-order valence-corrected chi connectivity index (χ1v) is 23.8. The number of rotatable bonds is 14. The van der Waals surface area contributed by atoms with Crippen LogP contribution in [0.3, 0.4) is 0 Å². The molecule has 4 atom stereocenters. The molecule has 2 aliphatic carbocycles. The van der Waals surface area contributed by atoms with Gasteiger partial charge in [0.05, 0.1) is 33.3 Å². The molecule has 3 heterocycles. The fourth-order valence-corrected chi connectivity index (χ4v) is 10.0. The highest BCUT2D eigenvalue weighted by Crippen LogP contribution is 2.68. The third kappa shape index (κ3) is 9.77. The van der Waals surface area contributed by atoms with Crippen LogP contribution in [0.5, 0.6) is 5.75 Å². The van der Waals surface area contributed by atoms with Gasteiger partial charge in [-0.1, -0.05) is 42.8 Å². The molecule has 0 aliphatic heterocycles. The van der Waals surface area contributed by atoms with Crippen molar-refractivity contribution in [1.82, 2.24) is 29.9 Å². The number of urea groups is 1. The first-order chi connectivity index (χ1) is 32.8. The van der Waals surface area contributed by atoms with Gasteiger partial charge in [-0.05, 0) is 67.1 Å². The Morgan fingerprint density at radius 1 is 1.00 bits per heavy atom. The summed E-state index contributed by atoms with van der Waals surface area (Å²) in [6, 6.07) is 10.3. The van der Waals surface area contributed by atoms with E-state index in [0.29, 0.717) is 15.1 Å². The zero-order valence-electron chi connectivity index (χ0n) is 36.3. The summed E-state index contributed by atoms with van der Waals surface area (Å²) in [7, 11) is -4.29. The fourth-order valence-electron chi connectivity index (χ4n) is 8.72. The monoisotopic (exact) mass is 1050 g/mol. The third-order valence-electron chi connectivity index (χ3n) is 11.6. The average Bonchev–Trinajstić information content (AvgIpc) is 3.77. The number of fused-ring (bicyclic) bond motifs is 4. The number of benzene rings is 3. The molecule has 8 rings (SSSR count). The largest absolute Gasteiger partial charge is 0.435 e. The topological polar surface area (TPSA) is 168 Å². The van der Waals surface area contributed by atoms with E-state index in [-0.39, 0.29) is 67.4 Å². The highest BCUT2D eigenvalue weighted by Gasteiger charge is 2.68. The van der Waals surface area contributed by atoms with Crippen molar-refractivity contribution in [3.63, 3.8) is 0 Å². The normalized spacial score (nSPS) is 17.0. The first kappa shape index (κ1) is 50.5. The maximum absolute atomic E-state index is 15.5. The number of nitrogens with zero attached hydrogens (tertiary/aromatic N) is 7. The van der Waals surface area contributed by atoms with E-state index in [9.17, 15) is 58.7 Å². The van der Waals surface area contributed by atoms with Gasteiger partial charge in [0.1, 0.15) is 41.4 Å². The summed E-state index contributed by atoms with van der Waals surface area (Å²) in [5, 5.41) is 9.38. The molecule has 70 heavy (non-hydrogen) atoms. The number of pyridine rings is 1. The summed E-state index contributed by atoms with van der Waals surface area (Å²) >= 11 is 6.74. The van der Waals surface area contributed by atoms with E-state index in [1.165, 1.54) is 55.6 Å². The lowest BCUT2D eigenvalue weighted by Gasteiger charge is -2.26. The van der Waals surface area contributed by atoms with Crippen LogP contribution >= 0.6 is 20.2 Å². The van der Waals surface area contributed by atoms with Crippen molar-refractivity contribution in [2.45, 2.75) is 69.5 Å². The highest BCUT2D eigenvalue weighted by atomic mass is 35.5. The number of halogens is 11. The summed E-state index contributed by atoms with van der Waals surface area (Å²) in [5.74, 6) is -10.6. The molecule has 3 N–H and O–H groups in total. The Kier molecular flexibility index (Phi) is 13.5. The summed E-state index contributed by atoms with van der Waals surface area (Å²) in [5.41, 5.74) is -4.23. The summed E-state index contributed by atoms with van der Waals surface area (Å²) in [6.07, 6.45) is -9.77. The molecular formula is C43H36ClF10N8O6PS. The molecule has 0 radical (unpaired) electrons. The molecular weight excluding hydrogens is 1010 g/mol. The minimum absolute atomic E-state index is 0.0925. The van der Waals surface area contributed by atoms with Crippen LogP contribution in [0.15, 0.2) is 66.7 Å². The van der Waals surface area contributed by atoms with Crippen molar-refractivity contribution in [3.05, 3.63) is 117 Å². The molecule has 3 amide bonds. The van der Waals surface area contributed by atoms with Crippen LogP contribution in [-0.4, -0.2) is 70.0 Å². The van der Waals surface area contributed by atoms with Crippen LogP contribution in [0, 0.1) is 17.6 Å². The molecule has 27 heteroatoms. The van der Waals surface area contributed by atoms with Gasteiger partial charge in [-0.2, -0.15) is 49.6 Å². The van der Waals surface area contributed by atoms with E-state index in [0.717, 1.165) is 23.3 Å². The van der Waals surface area contributed by atoms with Gasteiger partial charge in [0, 0.05) is 47.7 Å². The van der Waals surface area contributed by atoms with Gasteiger partial charge in [0.25, 0.3) is 5.92 Å². The summed E-state index contributed by atoms with van der Waals surface area (Å²) < 4.78 is 166. The van der Waals surface area contributed by atoms with Crippen molar-refractivity contribution >= 4 is 65.5 Å². The number of amides is 3. The molecule has 0 spiro atoms. The number of nitrogens with one attached hydrogen (secondary N) is 1. The quantitative estimate of drug-likeness (QED) is 0.0711. The SMILES string of the molecule is CCc1ccc(-c2ccc(Cl)c3c(N(C(=O)N(C)c4ccccc4OP(O)O)S(C)=O)nn(CC(F)(F)F)c23)c(C(Cc2cc(F)cc(F)c2)NC(=O)Cn2nc(C(F)(F)F)c3c2C(F)(F)[C@@H]2C[C@H]32)n1. The van der Waals surface area contributed by atoms with Gasteiger partial charge in [0.2, 0.25) is 5.91 Å². The lowest BCUT2D eigenvalue weighted by Crippen LogP contribution is -2.42. The lowest BCUT2D eigenvalue weighted by atomic mass is 9.93. The first-order valence-electron chi connectivity index (χ1n) is 20.7. The third-order valence-corrected chi connectivity index (χ3v) is 13.1. The number of aromatic nitrogens is 5. The van der Waals surface area contributed by atoms with E-state index in [4.69, 9.17) is 16.1 Å². The van der Waals surface area contributed by atoms with Crippen LogP contribution < -0.4 is 19.0 Å². The summed E-state index contributed by atoms with van der Waals surface area (Å²) in [6.45, 7) is -1.39. The van der Waals surface area contributed by atoms with E-state index in [1.807, 2.05) is 0 Å². The van der Waals surface area contributed by atoms with Gasteiger partial charge in [0.15, 0.2) is 17.3 Å². The smallest absolute Gasteiger partial charge is 0.425 e. The van der Waals surface area contributed by atoms with Gasteiger partial charge < -0.3 is 19.6 Å². The van der Waals surface area contributed by atoms with Gasteiger partial charge in [-0.15, -0.1) is 0 Å². The number of aryl methyl sites for hydroxylation is 1. The van der Waals surface area contributed by atoms with Gasteiger partial charge in [-0.25, -0.2) is 17.8 Å². The van der Waals surface area contributed by atoms with Crippen LogP contribution in [0.2, 0.25) is 5.02 Å². The predicted molar refractivity (Wildman–Crippen MR) is 235 cm³/mol. The van der Waals surface area contributed by atoms with Crippen LogP contribution in [-0.2, 0) is 53.8 Å². The van der Waals surface area contributed by atoms with E-state index >= 15 is 8.78 Å². The van der Waals surface area contributed by atoms with Crippen LogP contribution in [0.1, 0.15) is 59.2 Å². The minimum Gasteiger partial charge on any atom is -0.425 e. The number of hydrogen-bond donors (Lipinski definition) is 3. The molecule has 372 valence electrons. The lowest BCUT2D eigenvalue weighted by molar-refractivity contribution is -0.143. The molecule has 3 aromatic carbocycles. The molecule has 1 fully saturated rings. The Hall–Kier alpha value is -5.88. The van der Waals surface area contributed by atoms with E-state index in [2.05, 4.69) is 20.5 Å². The second kappa shape index (κ2) is 18.7. The molecule has 0 saturated heterocycles. The standard InChI is InChI=1S/C43H36ClF10N8O6PS/c1-4-23-9-10-24(25-11-12-28(44)34-36(25)61(19-41(47,48)49)58-39(34)62(70(3)67)40(64)59(2)30-7-5-6-8-31(30)68-69(65)66)35(55-23)29(15-20-13-21(45)16-22(46)14-20)56-32(63)18-60-38-33(37(57-60)43(52,53)54)26-17-27(26)42(38,50)51/h5-14,16,26-27,29,65-66H,4,15,17-19H2,1-3H3,(H,56,63)/t26-,27+,29?,70?/m0/s1. The maximum Gasteiger partial charge on any atom is 0.435 e. The second-order valence-corrected chi connectivity index (χ2v) is 18.6. The van der Waals surface area contributed by atoms with Gasteiger partial charge >= 0.3 is 27.0 Å². The molecule has 2 unspecified atom stereocenters. The molecule has 0 bridgehead atoms. The molecule has 3 aromatic heterocycles. The van der Waals surface area contributed by atoms with Crippen molar-refractivity contribution in [2.75, 3.05) is 22.5 Å². The second-order valence-electron chi connectivity index (χ2n) is 16.3. The number of hydrogen-bond acceptors (Lipinski definition) is 9. The molecule has 1 saturated carbocycles. The predicted octanol–water partition coefficient (Wildman–Crippen LogP) is 9.63. The maximum atomic E-state index is 15.5.